The smallest absolute Gasteiger partial charge is 0.254 e. The number of halogens is 1. The Hall–Kier alpha value is -3.57. The van der Waals surface area contributed by atoms with Crippen molar-refractivity contribution in [2.75, 3.05) is 11.1 Å². The fourth-order valence-corrected chi connectivity index (χ4v) is 5.81. The molecule has 1 aliphatic heterocycles. The summed E-state index contributed by atoms with van der Waals surface area (Å²) in [6, 6.07) is 16.0. The molecule has 2 aromatic rings. The molecule has 0 bridgehead atoms. The summed E-state index contributed by atoms with van der Waals surface area (Å²) >= 11 is 1.20. The third kappa shape index (κ3) is 6.23. The van der Waals surface area contributed by atoms with Crippen LogP contribution in [0.25, 0.3) is 0 Å². The normalized spacial score (nSPS) is 18.2. The Kier molecular flexibility index (Phi) is 8.67. The zero-order valence-electron chi connectivity index (χ0n) is 21.1. The third-order valence-corrected chi connectivity index (χ3v) is 7.84. The van der Waals surface area contributed by atoms with Crippen molar-refractivity contribution in [1.82, 2.24) is 10.6 Å². The van der Waals surface area contributed by atoms with Crippen LogP contribution in [0.4, 0.5) is 10.1 Å². The minimum Gasteiger partial charge on any atom is -0.353 e. The van der Waals surface area contributed by atoms with E-state index in [9.17, 15) is 14.9 Å². The van der Waals surface area contributed by atoms with Crippen LogP contribution in [0, 0.1) is 24.1 Å². The van der Waals surface area contributed by atoms with Crippen molar-refractivity contribution >= 4 is 29.3 Å². The number of carbonyl (C=O) groups excluding carboxylic acids is 2. The van der Waals surface area contributed by atoms with E-state index in [1.54, 1.807) is 31.2 Å². The second-order valence-corrected chi connectivity index (χ2v) is 10.4. The zero-order chi connectivity index (χ0) is 26.4. The van der Waals surface area contributed by atoms with Gasteiger partial charge in [-0.25, -0.2) is 4.39 Å². The molecule has 1 unspecified atom stereocenters. The number of hydrogen-bond acceptors (Lipinski definition) is 5. The van der Waals surface area contributed by atoms with Crippen molar-refractivity contribution in [2.45, 2.75) is 57.9 Å². The van der Waals surface area contributed by atoms with Crippen molar-refractivity contribution in [3.8, 4) is 6.07 Å². The Morgan fingerprint density at radius 3 is 2.49 bits per heavy atom. The summed E-state index contributed by atoms with van der Waals surface area (Å²) in [5, 5.41) is 19.8. The molecule has 2 amide bonds. The van der Waals surface area contributed by atoms with Crippen molar-refractivity contribution in [3.63, 3.8) is 0 Å². The number of hydrogen-bond donors (Lipinski definition) is 3. The lowest BCUT2D eigenvalue weighted by Gasteiger charge is -2.30. The van der Waals surface area contributed by atoms with E-state index in [4.69, 9.17) is 0 Å². The molecule has 2 aliphatic rings. The van der Waals surface area contributed by atoms with Gasteiger partial charge in [0.15, 0.2) is 0 Å². The number of para-hydroxylation sites is 1. The number of nitrogens with zero attached hydrogens (tertiary/aromatic N) is 1. The van der Waals surface area contributed by atoms with E-state index in [0.29, 0.717) is 16.4 Å². The highest BCUT2D eigenvalue weighted by Crippen LogP contribution is 2.41. The van der Waals surface area contributed by atoms with Crippen LogP contribution >= 0.6 is 11.8 Å². The Labute approximate surface area is 221 Å². The van der Waals surface area contributed by atoms with Gasteiger partial charge < -0.3 is 16.0 Å². The molecular weight excluding hydrogens is 487 g/mol. The molecule has 1 fully saturated rings. The molecule has 0 saturated heterocycles. The van der Waals surface area contributed by atoms with Gasteiger partial charge in [0, 0.05) is 28.6 Å². The molecule has 6 nitrogen and oxygen atoms in total. The number of anilines is 1. The SMILES string of the molecule is CC1=C(C(=O)Nc2ccccc2C)C(c2ccccc2F)C(C#N)=C(SCC(=O)NC2CCCCC2)N1. The summed E-state index contributed by atoms with van der Waals surface area (Å²) in [5.41, 5.74) is 2.74. The van der Waals surface area contributed by atoms with E-state index in [-0.39, 0.29) is 34.4 Å². The maximum Gasteiger partial charge on any atom is 0.254 e. The number of carbonyl (C=O) groups is 2. The Morgan fingerprint density at radius 1 is 1.08 bits per heavy atom. The van der Waals surface area contributed by atoms with Crippen molar-refractivity contribution in [3.05, 3.63) is 87.3 Å². The number of dihydropyridines is 1. The van der Waals surface area contributed by atoms with Crippen molar-refractivity contribution in [1.29, 1.82) is 5.26 Å². The summed E-state index contributed by atoms with van der Waals surface area (Å²) in [6.07, 6.45) is 5.40. The van der Waals surface area contributed by atoms with E-state index in [2.05, 4.69) is 22.0 Å². The first kappa shape index (κ1) is 26.5. The lowest BCUT2D eigenvalue weighted by atomic mass is 9.82. The van der Waals surface area contributed by atoms with Gasteiger partial charge in [0.25, 0.3) is 5.91 Å². The van der Waals surface area contributed by atoms with E-state index in [1.807, 2.05) is 25.1 Å². The van der Waals surface area contributed by atoms with Crippen molar-refractivity contribution < 1.29 is 14.0 Å². The highest BCUT2D eigenvalue weighted by molar-refractivity contribution is 8.03. The van der Waals surface area contributed by atoms with Crippen LogP contribution in [0.3, 0.4) is 0 Å². The molecule has 2 aromatic carbocycles. The summed E-state index contributed by atoms with van der Waals surface area (Å²) in [4.78, 5) is 26.2. The van der Waals surface area contributed by atoms with Crippen LogP contribution in [0.1, 0.15) is 56.1 Å². The second kappa shape index (κ2) is 12.1. The molecule has 37 heavy (non-hydrogen) atoms. The molecule has 1 atom stereocenters. The zero-order valence-corrected chi connectivity index (χ0v) is 21.9. The largest absolute Gasteiger partial charge is 0.353 e. The van der Waals surface area contributed by atoms with E-state index in [1.165, 1.54) is 24.2 Å². The summed E-state index contributed by atoms with van der Waals surface area (Å²) in [7, 11) is 0. The molecule has 1 heterocycles. The minimum absolute atomic E-state index is 0.101. The maximum atomic E-state index is 15.1. The lowest BCUT2D eigenvalue weighted by molar-refractivity contribution is -0.119. The molecule has 0 spiro atoms. The molecule has 4 rings (SSSR count). The molecule has 3 N–H and O–H groups in total. The second-order valence-electron chi connectivity index (χ2n) is 9.43. The van der Waals surface area contributed by atoms with Crippen LogP contribution < -0.4 is 16.0 Å². The number of rotatable bonds is 7. The third-order valence-electron chi connectivity index (χ3n) is 6.82. The lowest BCUT2D eigenvalue weighted by Crippen LogP contribution is -2.37. The van der Waals surface area contributed by atoms with Gasteiger partial charge in [-0.15, -0.1) is 0 Å². The molecule has 192 valence electrons. The number of benzene rings is 2. The highest BCUT2D eigenvalue weighted by atomic mass is 32.2. The first-order chi connectivity index (χ1) is 17.9. The summed E-state index contributed by atoms with van der Waals surface area (Å²) in [6.45, 7) is 3.62. The van der Waals surface area contributed by atoms with Crippen LogP contribution in [0.2, 0.25) is 0 Å². The fourth-order valence-electron chi connectivity index (χ4n) is 4.90. The van der Waals surface area contributed by atoms with Gasteiger partial charge in [-0.3, -0.25) is 9.59 Å². The average Bonchev–Trinajstić information content (AvgIpc) is 2.89. The molecule has 0 aromatic heterocycles. The first-order valence-corrected chi connectivity index (χ1v) is 13.5. The van der Waals surface area contributed by atoms with E-state index in [0.717, 1.165) is 31.2 Å². The molecule has 0 radical (unpaired) electrons. The monoisotopic (exact) mass is 518 g/mol. The Balaban J connectivity index is 1.63. The number of aryl methyl sites for hydroxylation is 1. The number of amides is 2. The molecule has 8 heteroatoms. The number of nitrogens with one attached hydrogen (secondary N) is 3. The minimum atomic E-state index is -0.916. The fraction of sp³-hybridized carbons (Fsp3) is 0.345. The molecule has 1 aliphatic carbocycles. The van der Waals surface area contributed by atoms with Gasteiger partial charge >= 0.3 is 0 Å². The first-order valence-electron chi connectivity index (χ1n) is 12.5. The predicted molar refractivity (Wildman–Crippen MR) is 145 cm³/mol. The van der Waals surface area contributed by atoms with Gasteiger partial charge in [0.2, 0.25) is 5.91 Å². The van der Waals surface area contributed by atoms with Crippen LogP contribution in [-0.4, -0.2) is 23.6 Å². The van der Waals surface area contributed by atoms with Gasteiger partial charge in [-0.1, -0.05) is 67.4 Å². The van der Waals surface area contributed by atoms with Crippen molar-refractivity contribution in [2.24, 2.45) is 0 Å². The van der Waals surface area contributed by atoms with Crippen LogP contribution in [0.5, 0.6) is 0 Å². The average molecular weight is 519 g/mol. The van der Waals surface area contributed by atoms with Crippen LogP contribution in [0.15, 0.2) is 70.4 Å². The number of thioether (sulfide) groups is 1. The maximum absolute atomic E-state index is 15.1. The highest BCUT2D eigenvalue weighted by Gasteiger charge is 2.36. The van der Waals surface area contributed by atoms with Gasteiger partial charge in [0.05, 0.1) is 28.3 Å². The Morgan fingerprint density at radius 2 is 1.78 bits per heavy atom. The molecule has 1 saturated carbocycles. The molecular formula is C29H31FN4O2S. The van der Waals surface area contributed by atoms with Gasteiger partial charge in [-0.05, 0) is 44.4 Å². The number of nitriles is 1. The number of allylic oxidation sites excluding steroid dienone is 2. The quantitative estimate of drug-likeness (QED) is 0.440. The van der Waals surface area contributed by atoms with Crippen LogP contribution in [-0.2, 0) is 9.59 Å². The van der Waals surface area contributed by atoms with E-state index < -0.39 is 17.6 Å². The summed E-state index contributed by atoms with van der Waals surface area (Å²) in [5.74, 6) is -1.82. The van der Waals surface area contributed by atoms with Gasteiger partial charge in [-0.2, -0.15) is 5.26 Å². The summed E-state index contributed by atoms with van der Waals surface area (Å²) < 4.78 is 15.1. The Bertz CT molecular complexity index is 1290. The predicted octanol–water partition coefficient (Wildman–Crippen LogP) is 5.65. The topological polar surface area (TPSA) is 94.0 Å². The standard InChI is InChI=1S/C29H31FN4O2S/c1-18-10-6-9-15-24(18)34-28(36)26-19(2)32-29(37-17-25(35)33-20-11-4-3-5-12-20)22(16-31)27(26)21-13-7-8-14-23(21)30/h6-10,13-15,20,27,32H,3-5,11-12,17H2,1-2H3,(H,33,35)(H,34,36). The van der Waals surface area contributed by atoms with E-state index >= 15 is 4.39 Å². The van der Waals surface area contributed by atoms with Gasteiger partial charge in [0.1, 0.15) is 5.82 Å².